The standard InChI is InChI=1S/3C6H8O2.Tb/c3*1-2-3-4-5-6(7)8;/h3*2-5H,1H3,(H,7,8);/b3*3-2+,5-4+;. The van der Waals surface area contributed by atoms with Crippen LogP contribution in [-0.4, -0.2) is 33.2 Å². The summed E-state index contributed by atoms with van der Waals surface area (Å²) in [5, 5.41) is 24.1. The summed E-state index contributed by atoms with van der Waals surface area (Å²) in [6.45, 7) is 5.48. The molecule has 25 heavy (non-hydrogen) atoms. The van der Waals surface area contributed by atoms with Gasteiger partial charge in [0.15, 0.2) is 0 Å². The van der Waals surface area contributed by atoms with Crippen LogP contribution in [0, 0.1) is 38.6 Å². The van der Waals surface area contributed by atoms with Crippen LogP contribution in [0.5, 0.6) is 0 Å². The van der Waals surface area contributed by atoms with Crippen molar-refractivity contribution in [3.8, 4) is 0 Å². The molecule has 0 atom stereocenters. The van der Waals surface area contributed by atoms with E-state index in [1.807, 2.05) is 20.8 Å². The minimum atomic E-state index is -0.914. The minimum Gasteiger partial charge on any atom is -0.478 e. The Labute approximate surface area is 179 Å². The Bertz CT molecular complexity index is 450. The molecule has 0 bridgehead atoms. The van der Waals surface area contributed by atoms with Crippen molar-refractivity contribution in [1.29, 1.82) is 0 Å². The maximum atomic E-state index is 9.75. The van der Waals surface area contributed by atoms with Gasteiger partial charge >= 0.3 is 17.9 Å². The first kappa shape index (κ1) is 31.0. The molecule has 0 heterocycles. The Balaban J connectivity index is -0.000000130. The maximum Gasteiger partial charge on any atom is 0.328 e. The molecule has 0 aromatic rings. The SMILES string of the molecule is C/C=C/C=C/C(=O)O.C/C=C/C=C/C(=O)O.C/C=C/C=C/C(=O)O.[Tb]. The van der Waals surface area contributed by atoms with Crippen molar-refractivity contribution in [3.05, 3.63) is 72.9 Å². The third kappa shape index (κ3) is 52.0. The first-order chi connectivity index (χ1) is 11.3. The fourth-order valence-electron chi connectivity index (χ4n) is 0.747. The van der Waals surface area contributed by atoms with Crippen LogP contribution in [0.4, 0.5) is 0 Å². The molecule has 0 saturated carbocycles. The van der Waals surface area contributed by atoms with Crippen molar-refractivity contribution in [2.45, 2.75) is 20.8 Å². The second-order valence-electron chi connectivity index (χ2n) is 3.67. The molecule has 0 spiro atoms. The summed E-state index contributed by atoms with van der Waals surface area (Å²) < 4.78 is 0. The molecule has 0 aliphatic rings. The first-order valence-electron chi connectivity index (χ1n) is 6.88. The Morgan fingerprint density at radius 1 is 0.520 bits per heavy atom. The average Bonchev–Trinajstić information content (AvgIpc) is 2.48. The van der Waals surface area contributed by atoms with Crippen molar-refractivity contribution < 1.29 is 68.3 Å². The molecule has 0 aromatic carbocycles. The molecule has 0 fully saturated rings. The molecule has 0 aliphatic carbocycles. The predicted molar refractivity (Wildman–Crippen MR) is 94.8 cm³/mol. The van der Waals surface area contributed by atoms with Gasteiger partial charge in [-0.3, -0.25) is 0 Å². The molecular formula is C18H24O6Tb. The zero-order chi connectivity index (χ0) is 19.2. The molecule has 0 aromatic heterocycles. The number of hydrogen-bond acceptors (Lipinski definition) is 3. The smallest absolute Gasteiger partial charge is 0.328 e. The van der Waals surface area contributed by atoms with Crippen molar-refractivity contribution in [1.82, 2.24) is 0 Å². The summed E-state index contributed by atoms with van der Waals surface area (Å²) >= 11 is 0. The number of aliphatic carboxylic acids is 3. The number of hydrogen-bond donors (Lipinski definition) is 3. The molecule has 141 valence electrons. The third-order valence-electron chi connectivity index (χ3n) is 1.63. The van der Waals surface area contributed by atoms with Crippen LogP contribution in [0.25, 0.3) is 0 Å². The van der Waals surface area contributed by atoms with Crippen LogP contribution in [0.15, 0.2) is 72.9 Å². The Kier molecular flexibility index (Phi) is 33.4. The molecule has 0 amide bonds. The van der Waals surface area contributed by atoms with Gasteiger partial charge in [0.05, 0.1) is 0 Å². The quantitative estimate of drug-likeness (QED) is 0.384. The summed E-state index contributed by atoms with van der Waals surface area (Å²) in [6, 6.07) is 0. The normalized spacial score (nSPS) is 10.7. The van der Waals surface area contributed by atoms with E-state index in [2.05, 4.69) is 0 Å². The summed E-state index contributed by atoms with van der Waals surface area (Å²) in [5.74, 6) is -2.74. The van der Waals surface area contributed by atoms with Crippen LogP contribution in [0.2, 0.25) is 0 Å². The molecule has 3 N–H and O–H groups in total. The van der Waals surface area contributed by atoms with E-state index in [0.717, 1.165) is 18.2 Å². The summed E-state index contributed by atoms with van der Waals surface area (Å²) in [7, 11) is 0. The largest absolute Gasteiger partial charge is 0.478 e. The Morgan fingerprint density at radius 2 is 0.720 bits per heavy atom. The topological polar surface area (TPSA) is 112 Å². The Hall–Kier alpha value is -1.86. The summed E-state index contributed by atoms with van der Waals surface area (Å²) in [6.07, 6.45) is 17.9. The minimum absolute atomic E-state index is 0. The van der Waals surface area contributed by atoms with Gasteiger partial charge in [0.2, 0.25) is 0 Å². The molecule has 0 rings (SSSR count). The van der Waals surface area contributed by atoms with Crippen LogP contribution in [0.3, 0.4) is 0 Å². The Morgan fingerprint density at radius 3 is 0.840 bits per heavy atom. The van der Waals surface area contributed by atoms with Gasteiger partial charge in [0.25, 0.3) is 0 Å². The second-order valence-corrected chi connectivity index (χ2v) is 3.67. The van der Waals surface area contributed by atoms with Gasteiger partial charge in [0, 0.05) is 56.8 Å². The number of rotatable bonds is 6. The van der Waals surface area contributed by atoms with Gasteiger partial charge in [-0.15, -0.1) is 0 Å². The van der Waals surface area contributed by atoms with E-state index in [9.17, 15) is 14.4 Å². The monoisotopic (exact) mass is 495 g/mol. The van der Waals surface area contributed by atoms with Gasteiger partial charge in [-0.05, 0) is 20.8 Å². The van der Waals surface area contributed by atoms with E-state index in [-0.39, 0.29) is 38.6 Å². The molecule has 1 radical (unpaired) electrons. The van der Waals surface area contributed by atoms with Gasteiger partial charge in [-0.2, -0.15) is 0 Å². The zero-order valence-corrected chi connectivity index (χ0v) is 16.5. The third-order valence-corrected chi connectivity index (χ3v) is 1.63. The van der Waals surface area contributed by atoms with E-state index < -0.39 is 17.9 Å². The summed E-state index contributed by atoms with van der Waals surface area (Å²) in [5.41, 5.74) is 0. The molecule has 7 heteroatoms. The first-order valence-corrected chi connectivity index (χ1v) is 6.88. The van der Waals surface area contributed by atoms with E-state index in [1.54, 1.807) is 36.5 Å². The number of carbonyl (C=O) groups is 3. The molecule has 6 nitrogen and oxygen atoms in total. The zero-order valence-electron chi connectivity index (χ0n) is 14.3. The van der Waals surface area contributed by atoms with Gasteiger partial charge in [-0.1, -0.05) is 54.7 Å². The average molecular weight is 495 g/mol. The van der Waals surface area contributed by atoms with E-state index in [4.69, 9.17) is 15.3 Å². The molecule has 0 aliphatic heterocycles. The number of carboxylic acid groups (broad SMARTS) is 3. The molecular weight excluding hydrogens is 471 g/mol. The van der Waals surface area contributed by atoms with Crippen LogP contribution in [0.1, 0.15) is 20.8 Å². The van der Waals surface area contributed by atoms with Crippen LogP contribution < -0.4 is 0 Å². The number of allylic oxidation sites excluding steroid dienone is 9. The maximum absolute atomic E-state index is 9.75. The van der Waals surface area contributed by atoms with Gasteiger partial charge < -0.3 is 15.3 Å². The van der Waals surface area contributed by atoms with Crippen molar-refractivity contribution >= 4 is 17.9 Å². The van der Waals surface area contributed by atoms with Crippen molar-refractivity contribution in [2.24, 2.45) is 0 Å². The molecule has 0 unspecified atom stereocenters. The van der Waals surface area contributed by atoms with Crippen LogP contribution >= 0.6 is 0 Å². The van der Waals surface area contributed by atoms with Crippen molar-refractivity contribution in [2.75, 3.05) is 0 Å². The number of carboxylic acids is 3. The summed E-state index contributed by atoms with van der Waals surface area (Å²) in [4.78, 5) is 29.3. The second kappa shape index (κ2) is 27.0. The van der Waals surface area contributed by atoms with Gasteiger partial charge in [0.1, 0.15) is 0 Å². The van der Waals surface area contributed by atoms with E-state index in [1.165, 1.54) is 18.2 Å². The van der Waals surface area contributed by atoms with Crippen molar-refractivity contribution in [3.63, 3.8) is 0 Å². The van der Waals surface area contributed by atoms with Crippen LogP contribution in [-0.2, 0) is 14.4 Å². The molecule has 0 saturated heterocycles. The van der Waals surface area contributed by atoms with E-state index in [0.29, 0.717) is 0 Å². The predicted octanol–water partition coefficient (Wildman–Crippen LogP) is 3.61. The fourth-order valence-corrected chi connectivity index (χ4v) is 0.747. The van der Waals surface area contributed by atoms with Gasteiger partial charge in [-0.25, -0.2) is 14.4 Å². The van der Waals surface area contributed by atoms with E-state index >= 15 is 0 Å². The fraction of sp³-hybridized carbons (Fsp3) is 0.167.